The van der Waals surface area contributed by atoms with E-state index >= 15 is 0 Å². The molecule has 614 valence electrons. The minimum absolute atomic E-state index is 0.0446. The van der Waals surface area contributed by atoms with Crippen molar-refractivity contribution in [2.75, 3.05) is 31.7 Å². The van der Waals surface area contributed by atoms with Crippen molar-refractivity contribution in [2.45, 2.75) is 251 Å². The zero-order valence-electron chi connectivity index (χ0n) is 63.5. The fourth-order valence-corrected chi connectivity index (χ4v) is 10.7. The van der Waals surface area contributed by atoms with Gasteiger partial charge in [0.1, 0.15) is 72.5 Å². The zero-order valence-corrected chi connectivity index (χ0v) is 64.3. The average molecular weight is 1560 g/mol. The molecule has 0 aliphatic rings. The van der Waals surface area contributed by atoms with Crippen molar-refractivity contribution in [3.05, 3.63) is 0 Å². The number of carboxylic acid groups (broad SMARTS) is 3. The molecule has 0 radical (unpaired) electrons. The van der Waals surface area contributed by atoms with E-state index < -0.39 is 261 Å². The van der Waals surface area contributed by atoms with Gasteiger partial charge < -0.3 is 118 Å². The molecule has 0 fully saturated rings. The van der Waals surface area contributed by atoms with Gasteiger partial charge in [-0.3, -0.25) is 81.5 Å². The number of amides is 15. The van der Waals surface area contributed by atoms with E-state index in [2.05, 4.69) is 69.1 Å². The van der Waals surface area contributed by atoms with Crippen molar-refractivity contribution in [1.29, 1.82) is 0 Å². The molecular weight excluding hydrogens is 1440 g/mol. The molecule has 26 N–H and O–H groups in total. The summed E-state index contributed by atoms with van der Waals surface area (Å²) in [7, 11) is 0. The number of nitrogens with one attached hydrogen (secondary N) is 13. The monoisotopic (exact) mass is 1560 g/mol. The third-order valence-corrected chi connectivity index (χ3v) is 17.4. The maximum atomic E-state index is 14.4. The second-order valence-corrected chi connectivity index (χ2v) is 28.8. The molecule has 0 spiro atoms. The SMILES string of the molecule is CC[C@H](C)[C@H](NC(=O)[C@@H](N)C(C)C)C(=O)N[C@@H](CCCCN)C(=O)N[C@@H](CC(C)C)C(=O)N[C@@H](CC(N)=O)C(=O)N[C@@H](CC(C)C)C(=O)N[C@@H](CCSC)C(=O)N[C@@H](CO)C(=O)N[C@@H](CCC(=O)O)C(=O)N[C@@H](CCC(=O)O)C(=O)N[C@H](C(=O)N[C@H](C(=O)NCC(=O)N[C@@H](CCC(N)=O)C(=O)O)[C@@H](C)O)C(C)C. The molecule has 0 aliphatic heterocycles. The molecular formula is C67H117N17O23S. The van der Waals surface area contributed by atoms with Gasteiger partial charge in [0.25, 0.3) is 0 Å². The first-order valence-electron chi connectivity index (χ1n) is 35.7. The molecule has 0 saturated carbocycles. The Morgan fingerprint density at radius 3 is 1.20 bits per heavy atom. The van der Waals surface area contributed by atoms with Gasteiger partial charge in [0.05, 0.1) is 31.7 Å². The summed E-state index contributed by atoms with van der Waals surface area (Å²) in [4.78, 5) is 239. The number of unbranched alkanes of at least 4 members (excludes halogenated alkanes) is 1. The van der Waals surface area contributed by atoms with Crippen LogP contribution < -0.4 is 92.1 Å². The molecule has 0 aromatic carbocycles. The van der Waals surface area contributed by atoms with Crippen molar-refractivity contribution < 1.29 is 112 Å². The first-order valence-corrected chi connectivity index (χ1v) is 37.1. The van der Waals surface area contributed by atoms with E-state index in [0.29, 0.717) is 19.3 Å². The Morgan fingerprint density at radius 2 is 0.796 bits per heavy atom. The minimum Gasteiger partial charge on any atom is -0.481 e. The lowest BCUT2D eigenvalue weighted by atomic mass is 9.96. The number of nitrogens with two attached hydrogens (primary N) is 4. The van der Waals surface area contributed by atoms with Crippen molar-refractivity contribution >= 4 is 118 Å². The second kappa shape index (κ2) is 51.1. The number of hydrogen-bond acceptors (Lipinski definition) is 23. The van der Waals surface area contributed by atoms with Crippen LogP contribution in [-0.4, -0.2) is 248 Å². The molecule has 40 nitrogen and oxygen atoms in total. The normalized spacial score (nSPS) is 15.4. The summed E-state index contributed by atoms with van der Waals surface area (Å²) in [5.74, 6) is -22.2. The Morgan fingerprint density at radius 1 is 0.407 bits per heavy atom. The Hall–Kier alpha value is -9.35. The van der Waals surface area contributed by atoms with Gasteiger partial charge in [0, 0.05) is 19.3 Å². The predicted octanol–water partition coefficient (Wildman–Crippen LogP) is -6.09. The van der Waals surface area contributed by atoms with Gasteiger partial charge in [-0.05, 0) is 113 Å². The van der Waals surface area contributed by atoms with Crippen molar-refractivity contribution in [2.24, 2.45) is 52.5 Å². The first-order chi connectivity index (χ1) is 50.3. The molecule has 0 unspecified atom stereocenters. The largest absolute Gasteiger partial charge is 0.481 e. The van der Waals surface area contributed by atoms with Crippen LogP contribution in [0.4, 0.5) is 0 Å². The summed E-state index contributed by atoms with van der Waals surface area (Å²) in [6.07, 6.45) is -3.90. The lowest BCUT2D eigenvalue weighted by Crippen LogP contribution is -2.62. The van der Waals surface area contributed by atoms with Crippen LogP contribution >= 0.6 is 11.8 Å². The van der Waals surface area contributed by atoms with Gasteiger partial charge in [0.2, 0.25) is 88.6 Å². The van der Waals surface area contributed by atoms with Gasteiger partial charge in [-0.15, -0.1) is 0 Å². The number of rotatable bonds is 55. The number of aliphatic carboxylic acids is 3. The summed E-state index contributed by atoms with van der Waals surface area (Å²) in [6, 6.07) is -20.5. The van der Waals surface area contributed by atoms with Crippen LogP contribution in [0, 0.1) is 29.6 Å². The first kappa shape index (κ1) is 98.7. The fraction of sp³-hybridized carbons (Fsp3) is 0.731. The Labute approximate surface area is 631 Å². The minimum atomic E-state index is -1.98. The predicted molar refractivity (Wildman–Crippen MR) is 390 cm³/mol. The van der Waals surface area contributed by atoms with Crippen LogP contribution in [0.3, 0.4) is 0 Å². The molecule has 0 heterocycles. The second-order valence-electron chi connectivity index (χ2n) is 27.8. The number of carboxylic acids is 3. The highest BCUT2D eigenvalue weighted by molar-refractivity contribution is 7.98. The topological polar surface area (TPSA) is 669 Å². The van der Waals surface area contributed by atoms with Crippen molar-refractivity contribution in [3.63, 3.8) is 0 Å². The van der Waals surface area contributed by atoms with Gasteiger partial charge in [-0.2, -0.15) is 11.8 Å². The summed E-state index contributed by atoms with van der Waals surface area (Å²) in [5, 5.41) is 80.7. The Kier molecular flexibility index (Phi) is 46.6. The quantitative estimate of drug-likeness (QED) is 0.0252. The van der Waals surface area contributed by atoms with E-state index in [1.165, 1.54) is 25.6 Å². The van der Waals surface area contributed by atoms with Crippen LogP contribution in [0.2, 0.25) is 0 Å². The van der Waals surface area contributed by atoms with E-state index in [0.717, 1.165) is 6.92 Å². The molecule has 0 aromatic rings. The van der Waals surface area contributed by atoms with Gasteiger partial charge in [-0.25, -0.2) is 4.79 Å². The molecule has 0 rings (SSSR count). The van der Waals surface area contributed by atoms with E-state index in [-0.39, 0.29) is 55.7 Å². The molecule has 0 saturated heterocycles. The van der Waals surface area contributed by atoms with Crippen molar-refractivity contribution in [1.82, 2.24) is 69.1 Å². The summed E-state index contributed by atoms with van der Waals surface area (Å²) in [6.45, 7) is 15.8. The highest BCUT2D eigenvalue weighted by atomic mass is 32.2. The van der Waals surface area contributed by atoms with Crippen molar-refractivity contribution in [3.8, 4) is 0 Å². The third-order valence-electron chi connectivity index (χ3n) is 16.8. The maximum Gasteiger partial charge on any atom is 0.326 e. The lowest BCUT2D eigenvalue weighted by molar-refractivity contribution is -0.142. The van der Waals surface area contributed by atoms with E-state index in [9.17, 15) is 112 Å². The third kappa shape index (κ3) is 38.4. The number of carbonyl (C=O) groups is 18. The van der Waals surface area contributed by atoms with Crippen LogP contribution in [-0.2, 0) is 86.3 Å². The number of aliphatic hydroxyl groups excluding tert-OH is 2. The van der Waals surface area contributed by atoms with Crippen LogP contribution in [0.15, 0.2) is 0 Å². The highest BCUT2D eigenvalue weighted by Crippen LogP contribution is 2.16. The molecule has 0 aromatic heterocycles. The molecule has 108 heavy (non-hydrogen) atoms. The molecule has 0 aliphatic carbocycles. The molecule has 15 amide bonds. The number of aliphatic hydroxyl groups is 2. The highest BCUT2D eigenvalue weighted by Gasteiger charge is 2.39. The number of carbonyl (C=O) groups excluding carboxylic acids is 15. The van der Waals surface area contributed by atoms with Gasteiger partial charge >= 0.3 is 17.9 Å². The smallest absolute Gasteiger partial charge is 0.326 e. The molecule has 41 heteroatoms. The van der Waals surface area contributed by atoms with Crippen LogP contribution in [0.1, 0.15) is 166 Å². The summed E-state index contributed by atoms with van der Waals surface area (Å²) >= 11 is 1.21. The maximum absolute atomic E-state index is 14.4. The Bertz CT molecular complexity index is 3070. The molecule has 0 bridgehead atoms. The van der Waals surface area contributed by atoms with Crippen LogP contribution in [0.25, 0.3) is 0 Å². The van der Waals surface area contributed by atoms with Gasteiger partial charge in [0.15, 0.2) is 0 Å². The number of thioether (sulfide) groups is 1. The lowest BCUT2D eigenvalue weighted by Gasteiger charge is -2.29. The number of hydrogen-bond donors (Lipinski definition) is 22. The molecule has 15 atom stereocenters. The summed E-state index contributed by atoms with van der Waals surface area (Å²) < 4.78 is 0. The zero-order chi connectivity index (χ0) is 83.0. The average Bonchev–Trinajstić information content (AvgIpc) is 0.858. The van der Waals surface area contributed by atoms with E-state index in [4.69, 9.17) is 22.9 Å². The van der Waals surface area contributed by atoms with E-state index in [1.54, 1.807) is 61.6 Å². The fourth-order valence-electron chi connectivity index (χ4n) is 10.3. The van der Waals surface area contributed by atoms with E-state index in [1.807, 2.05) is 0 Å². The van der Waals surface area contributed by atoms with Crippen LogP contribution in [0.5, 0.6) is 0 Å². The summed E-state index contributed by atoms with van der Waals surface area (Å²) in [5.41, 5.74) is 22.5. The Balaban J connectivity index is 6.96. The standard InChI is InChI=1S/C67H117N17O23S/c1-13-35(10)53(83-63(102)51(71)33(6)7)66(105)77-37(16-14-15-24-68)55(94)78-43(27-32(4)5)60(99)80-44(28-47(70)88)61(100)79-42(26-31(2)3)59(98)76-40(23-25-108-12)57(96)81-45(30-85)62(101)75-38(18-21-49(90)91)56(95)74-39(19-22-50(92)93)58(97)82-52(34(8)9)65(104)84-54(36(11)86)64(103)72-29-48(89)73-41(67(106)107)17-20-46(69)87/h31-45,51-54,85-86H,13-30,68,71H2,1-12H3,(H2,69,87)(H2,70,88)(H,72,103)(H,73,89)(H,74,95)(H,75,101)(H,76,98)(H,77,105)(H,78,94)(H,79,100)(H,80,99)(H,81,96)(H,82,97)(H,83,102)(H,84,104)(H,90,91)(H,92,93)(H,106,107)/t35-,36+,37-,38-,39-,40-,41-,42-,43-,44-,45-,51-,52-,53-,54-/m0/s1. The number of primary amides is 2. The van der Waals surface area contributed by atoms with Gasteiger partial charge in [-0.1, -0.05) is 75.7 Å².